The fourth-order valence-electron chi connectivity index (χ4n) is 3.29. The first kappa shape index (κ1) is 11.8. The largest absolute Gasteiger partial charge is 0.342 e. The van der Waals surface area contributed by atoms with Gasteiger partial charge in [-0.1, -0.05) is 20.3 Å². The fourth-order valence-corrected chi connectivity index (χ4v) is 3.29. The topological polar surface area (TPSA) is 28.7 Å². The smallest absolute Gasteiger partial charge is 0.110 e. The number of nitrogens with one attached hydrogen (secondary N) is 1. The van der Waals surface area contributed by atoms with E-state index >= 15 is 0 Å². The first-order valence-electron chi connectivity index (χ1n) is 6.94. The summed E-state index contributed by atoms with van der Waals surface area (Å²) in [4.78, 5) is 8.39. The van der Waals surface area contributed by atoms with Crippen LogP contribution in [0.15, 0.2) is 12.1 Å². The minimum atomic E-state index is 0.387. The zero-order chi connectivity index (χ0) is 12.9. The molecule has 0 bridgehead atoms. The molecule has 2 aromatic rings. The Morgan fingerprint density at radius 1 is 1.22 bits per heavy atom. The van der Waals surface area contributed by atoms with Crippen molar-refractivity contribution >= 4 is 11.0 Å². The molecule has 1 aliphatic rings. The Balaban J connectivity index is 2.08. The predicted octanol–water partition coefficient (Wildman–Crippen LogP) is 4.47. The Labute approximate surface area is 109 Å². The van der Waals surface area contributed by atoms with Gasteiger partial charge in [0.05, 0.1) is 11.0 Å². The number of aromatic amines is 1. The Hall–Kier alpha value is -1.31. The van der Waals surface area contributed by atoms with E-state index in [9.17, 15) is 0 Å². The summed E-state index contributed by atoms with van der Waals surface area (Å²) in [6.45, 7) is 9.06. The second-order valence-corrected chi connectivity index (χ2v) is 6.51. The molecule has 1 aromatic carbocycles. The molecule has 1 aromatic heterocycles. The van der Waals surface area contributed by atoms with Crippen molar-refractivity contribution in [2.45, 2.75) is 52.9 Å². The molecule has 1 atom stereocenters. The standard InChI is InChI=1S/C16H22N2/c1-10-8-13-14(9-11(10)2)18-15(17-13)12-6-5-7-16(12,3)4/h8-9,12H,5-7H2,1-4H3,(H,17,18). The highest BCUT2D eigenvalue weighted by Gasteiger charge is 2.37. The molecule has 1 unspecified atom stereocenters. The van der Waals surface area contributed by atoms with E-state index in [4.69, 9.17) is 4.98 Å². The Bertz CT molecular complexity index is 553. The van der Waals surface area contributed by atoms with E-state index in [1.54, 1.807) is 0 Å². The first-order chi connectivity index (χ1) is 8.47. The van der Waals surface area contributed by atoms with Crippen LogP contribution in [0.1, 0.15) is 56.0 Å². The second-order valence-electron chi connectivity index (χ2n) is 6.51. The summed E-state index contributed by atoms with van der Waals surface area (Å²) in [6, 6.07) is 4.43. The van der Waals surface area contributed by atoms with Crippen LogP contribution in [0.3, 0.4) is 0 Å². The minimum Gasteiger partial charge on any atom is -0.342 e. The number of imidazole rings is 1. The lowest BCUT2D eigenvalue weighted by Crippen LogP contribution is -2.16. The highest BCUT2D eigenvalue weighted by Crippen LogP contribution is 2.48. The number of H-pyrrole nitrogens is 1. The van der Waals surface area contributed by atoms with Crippen LogP contribution in [-0.4, -0.2) is 9.97 Å². The Kier molecular flexibility index (Phi) is 2.51. The van der Waals surface area contributed by atoms with Gasteiger partial charge >= 0.3 is 0 Å². The summed E-state index contributed by atoms with van der Waals surface area (Å²) in [7, 11) is 0. The summed E-state index contributed by atoms with van der Waals surface area (Å²) < 4.78 is 0. The van der Waals surface area contributed by atoms with E-state index in [2.05, 4.69) is 44.8 Å². The zero-order valence-corrected chi connectivity index (χ0v) is 11.8. The van der Waals surface area contributed by atoms with Crippen molar-refractivity contribution in [2.75, 3.05) is 0 Å². The Morgan fingerprint density at radius 3 is 2.61 bits per heavy atom. The molecule has 0 radical (unpaired) electrons. The maximum Gasteiger partial charge on any atom is 0.110 e. The molecule has 0 aliphatic heterocycles. The van der Waals surface area contributed by atoms with Gasteiger partial charge in [0.2, 0.25) is 0 Å². The van der Waals surface area contributed by atoms with Gasteiger partial charge in [-0.25, -0.2) is 4.98 Å². The summed E-state index contributed by atoms with van der Waals surface area (Å²) in [6.07, 6.45) is 3.91. The molecule has 1 saturated carbocycles. The maximum atomic E-state index is 4.84. The van der Waals surface area contributed by atoms with Crippen molar-refractivity contribution < 1.29 is 0 Å². The van der Waals surface area contributed by atoms with Crippen LogP contribution in [0.5, 0.6) is 0 Å². The molecule has 2 nitrogen and oxygen atoms in total. The molecule has 1 aliphatic carbocycles. The number of aryl methyl sites for hydroxylation is 2. The van der Waals surface area contributed by atoms with Crippen LogP contribution in [-0.2, 0) is 0 Å². The number of aromatic nitrogens is 2. The molecule has 0 spiro atoms. The van der Waals surface area contributed by atoms with E-state index in [0.717, 1.165) is 5.52 Å². The molecule has 0 amide bonds. The third kappa shape index (κ3) is 1.75. The summed E-state index contributed by atoms with van der Waals surface area (Å²) in [5.74, 6) is 1.78. The predicted molar refractivity (Wildman–Crippen MR) is 75.9 cm³/mol. The highest BCUT2D eigenvalue weighted by molar-refractivity contribution is 5.77. The molecular formula is C16H22N2. The lowest BCUT2D eigenvalue weighted by Gasteiger charge is -2.24. The Morgan fingerprint density at radius 2 is 1.94 bits per heavy atom. The van der Waals surface area contributed by atoms with E-state index in [1.807, 2.05) is 0 Å². The van der Waals surface area contributed by atoms with Gasteiger partial charge in [0, 0.05) is 5.92 Å². The number of benzene rings is 1. The number of rotatable bonds is 1. The molecule has 1 N–H and O–H groups in total. The molecule has 2 heteroatoms. The van der Waals surface area contributed by atoms with Crippen LogP contribution in [0.4, 0.5) is 0 Å². The lowest BCUT2D eigenvalue weighted by molar-refractivity contribution is 0.324. The van der Waals surface area contributed by atoms with E-state index in [0.29, 0.717) is 11.3 Å². The van der Waals surface area contributed by atoms with Crippen molar-refractivity contribution in [3.05, 3.63) is 29.1 Å². The van der Waals surface area contributed by atoms with Crippen molar-refractivity contribution in [1.82, 2.24) is 9.97 Å². The molecule has 3 rings (SSSR count). The average molecular weight is 242 g/mol. The van der Waals surface area contributed by atoms with Crippen LogP contribution >= 0.6 is 0 Å². The summed E-state index contributed by atoms with van der Waals surface area (Å²) in [5, 5.41) is 0. The fraction of sp³-hybridized carbons (Fsp3) is 0.562. The second kappa shape index (κ2) is 3.84. The van der Waals surface area contributed by atoms with Crippen LogP contribution in [0.2, 0.25) is 0 Å². The molecule has 0 saturated heterocycles. The minimum absolute atomic E-state index is 0.387. The normalized spacial score (nSPS) is 22.8. The van der Waals surface area contributed by atoms with Crippen LogP contribution < -0.4 is 0 Å². The van der Waals surface area contributed by atoms with Crippen molar-refractivity contribution in [3.8, 4) is 0 Å². The van der Waals surface area contributed by atoms with Gasteiger partial charge in [0.25, 0.3) is 0 Å². The van der Waals surface area contributed by atoms with Crippen LogP contribution in [0, 0.1) is 19.3 Å². The van der Waals surface area contributed by atoms with Gasteiger partial charge in [-0.05, 0) is 55.4 Å². The van der Waals surface area contributed by atoms with Gasteiger partial charge in [0.15, 0.2) is 0 Å². The van der Waals surface area contributed by atoms with E-state index in [1.165, 1.54) is 41.7 Å². The van der Waals surface area contributed by atoms with Crippen molar-refractivity contribution in [1.29, 1.82) is 0 Å². The van der Waals surface area contributed by atoms with Gasteiger partial charge in [0.1, 0.15) is 5.82 Å². The number of fused-ring (bicyclic) bond motifs is 1. The SMILES string of the molecule is Cc1cc2nc(C3CCCC3(C)C)[nH]c2cc1C. The number of hydrogen-bond acceptors (Lipinski definition) is 1. The molecule has 1 fully saturated rings. The van der Waals surface area contributed by atoms with Gasteiger partial charge < -0.3 is 4.98 Å². The highest BCUT2D eigenvalue weighted by atomic mass is 14.9. The van der Waals surface area contributed by atoms with Gasteiger partial charge in [-0.2, -0.15) is 0 Å². The van der Waals surface area contributed by atoms with Crippen molar-refractivity contribution in [2.24, 2.45) is 5.41 Å². The van der Waals surface area contributed by atoms with Crippen LogP contribution in [0.25, 0.3) is 11.0 Å². The molecule has 1 heterocycles. The van der Waals surface area contributed by atoms with Gasteiger partial charge in [-0.15, -0.1) is 0 Å². The lowest BCUT2D eigenvalue weighted by atomic mass is 9.81. The third-order valence-corrected chi connectivity index (χ3v) is 4.70. The quantitative estimate of drug-likeness (QED) is 0.785. The summed E-state index contributed by atoms with van der Waals surface area (Å²) >= 11 is 0. The maximum absolute atomic E-state index is 4.84. The molecule has 18 heavy (non-hydrogen) atoms. The average Bonchev–Trinajstić information content (AvgIpc) is 2.81. The summed E-state index contributed by atoms with van der Waals surface area (Å²) in [5.41, 5.74) is 5.36. The molecular weight excluding hydrogens is 220 g/mol. The first-order valence-corrected chi connectivity index (χ1v) is 6.94. The third-order valence-electron chi connectivity index (χ3n) is 4.70. The molecule has 96 valence electrons. The van der Waals surface area contributed by atoms with Crippen molar-refractivity contribution in [3.63, 3.8) is 0 Å². The monoisotopic (exact) mass is 242 g/mol. The zero-order valence-electron chi connectivity index (χ0n) is 11.8. The number of hydrogen-bond donors (Lipinski definition) is 1. The van der Waals surface area contributed by atoms with Gasteiger partial charge in [-0.3, -0.25) is 0 Å². The number of nitrogens with zero attached hydrogens (tertiary/aromatic N) is 1. The van der Waals surface area contributed by atoms with E-state index in [-0.39, 0.29) is 0 Å². The van der Waals surface area contributed by atoms with E-state index < -0.39 is 0 Å².